The Balaban J connectivity index is 3.27. The molecule has 1 aromatic rings. The largest absolute Gasteiger partial charge is 0.294 e. The van der Waals surface area contributed by atoms with Gasteiger partial charge in [-0.05, 0) is 25.0 Å². The molecule has 0 amide bonds. The predicted molar refractivity (Wildman–Crippen MR) is 49.3 cm³/mol. The first kappa shape index (κ1) is 10.1. The first-order chi connectivity index (χ1) is 6.66. The second kappa shape index (κ2) is 4.33. The van der Waals surface area contributed by atoms with Crippen molar-refractivity contribution in [1.82, 2.24) is 0 Å². The summed E-state index contributed by atoms with van der Waals surface area (Å²) in [4.78, 5) is 20.9. The third-order valence-corrected chi connectivity index (χ3v) is 1.64. The molecule has 0 atom stereocenters. The lowest BCUT2D eigenvalue weighted by Gasteiger charge is -1.99. The van der Waals surface area contributed by atoms with Gasteiger partial charge in [0, 0.05) is 0 Å². The monoisotopic (exact) mass is 190 g/mol. The highest BCUT2D eigenvalue weighted by Gasteiger charge is 2.09. The van der Waals surface area contributed by atoms with Crippen molar-refractivity contribution in [2.75, 3.05) is 0 Å². The Bertz CT molecular complexity index is 438. The van der Waals surface area contributed by atoms with E-state index in [0.29, 0.717) is 6.29 Å². The molecule has 0 bridgehead atoms. The highest BCUT2D eigenvalue weighted by molar-refractivity contribution is 5.94. The number of hydrogen-bond donors (Lipinski definition) is 0. The summed E-state index contributed by atoms with van der Waals surface area (Å²) in [5.74, 6) is 3.37. The summed E-state index contributed by atoms with van der Waals surface area (Å²) < 4.78 is 13.4. The second-order valence-corrected chi connectivity index (χ2v) is 2.61. The first-order valence-corrected chi connectivity index (χ1v) is 3.91. The molecule has 0 aliphatic carbocycles. The molecule has 0 radical (unpaired) electrons. The minimum atomic E-state index is -0.672. The molecule has 0 fully saturated rings. The standard InChI is InChI=1S/C11H7FO2/c1-8(14)10-6-2-4-9(11(10)12)5-3-7-13/h2,4,6-7H,1H3. The Morgan fingerprint density at radius 2 is 2.21 bits per heavy atom. The molecule has 0 heterocycles. The molecule has 0 saturated carbocycles. The van der Waals surface area contributed by atoms with Crippen molar-refractivity contribution in [2.45, 2.75) is 6.92 Å². The van der Waals surface area contributed by atoms with Crippen molar-refractivity contribution in [2.24, 2.45) is 0 Å². The molecule has 14 heavy (non-hydrogen) atoms. The Morgan fingerprint density at radius 1 is 1.50 bits per heavy atom. The van der Waals surface area contributed by atoms with E-state index in [1.54, 1.807) is 0 Å². The van der Waals surface area contributed by atoms with Gasteiger partial charge >= 0.3 is 0 Å². The zero-order valence-electron chi connectivity index (χ0n) is 7.50. The molecule has 70 valence electrons. The third kappa shape index (κ3) is 2.05. The fourth-order valence-electron chi connectivity index (χ4n) is 1.01. The van der Waals surface area contributed by atoms with Gasteiger partial charge in [0.05, 0.1) is 11.1 Å². The number of hydrogen-bond acceptors (Lipinski definition) is 2. The smallest absolute Gasteiger partial charge is 0.193 e. The molecule has 0 unspecified atom stereocenters. The van der Waals surface area contributed by atoms with Gasteiger partial charge in [-0.1, -0.05) is 12.0 Å². The number of benzene rings is 1. The molecule has 0 aromatic heterocycles. The van der Waals surface area contributed by atoms with Gasteiger partial charge in [-0.2, -0.15) is 0 Å². The fraction of sp³-hybridized carbons (Fsp3) is 0.0909. The molecular weight excluding hydrogens is 183 g/mol. The molecule has 1 aromatic carbocycles. The Hall–Kier alpha value is -1.95. The van der Waals surface area contributed by atoms with Crippen LogP contribution in [0.1, 0.15) is 22.8 Å². The van der Waals surface area contributed by atoms with Gasteiger partial charge in [0.1, 0.15) is 5.82 Å². The lowest BCUT2D eigenvalue weighted by atomic mass is 10.1. The Kier molecular flexibility index (Phi) is 3.14. The lowest BCUT2D eigenvalue weighted by Crippen LogP contribution is -1.98. The number of rotatable bonds is 1. The minimum Gasteiger partial charge on any atom is -0.294 e. The molecule has 0 saturated heterocycles. The maximum Gasteiger partial charge on any atom is 0.193 e. The summed E-state index contributed by atoms with van der Waals surface area (Å²) in [6.45, 7) is 1.27. The average molecular weight is 190 g/mol. The van der Waals surface area contributed by atoms with Crippen molar-refractivity contribution in [3.05, 3.63) is 35.1 Å². The van der Waals surface area contributed by atoms with Gasteiger partial charge in [-0.15, -0.1) is 0 Å². The van der Waals surface area contributed by atoms with Crippen LogP contribution in [0.15, 0.2) is 18.2 Å². The minimum absolute atomic E-state index is 0.0114. The molecule has 3 heteroatoms. The fourth-order valence-corrected chi connectivity index (χ4v) is 1.01. The molecule has 0 N–H and O–H groups in total. The summed E-state index contributed by atoms with van der Waals surface area (Å²) in [5.41, 5.74) is 0.0486. The Morgan fingerprint density at radius 3 is 2.79 bits per heavy atom. The summed E-state index contributed by atoms with van der Waals surface area (Å²) >= 11 is 0. The molecule has 2 nitrogen and oxygen atoms in total. The van der Waals surface area contributed by atoms with Crippen LogP contribution in [0.2, 0.25) is 0 Å². The number of carbonyl (C=O) groups excluding carboxylic acids is 2. The molecular formula is C11H7FO2. The van der Waals surface area contributed by atoms with Crippen molar-refractivity contribution >= 4 is 12.1 Å². The van der Waals surface area contributed by atoms with E-state index in [4.69, 9.17) is 0 Å². The van der Waals surface area contributed by atoms with Gasteiger partial charge in [-0.3, -0.25) is 9.59 Å². The zero-order chi connectivity index (χ0) is 10.6. The Labute approximate surface area is 80.7 Å². The maximum absolute atomic E-state index is 13.4. The summed E-state index contributed by atoms with van der Waals surface area (Å²) in [7, 11) is 0. The van der Waals surface area contributed by atoms with Crippen molar-refractivity contribution in [3.8, 4) is 11.8 Å². The van der Waals surface area contributed by atoms with E-state index in [1.165, 1.54) is 25.1 Å². The highest BCUT2D eigenvalue weighted by Crippen LogP contribution is 2.12. The number of halogens is 1. The molecule has 0 spiro atoms. The highest BCUT2D eigenvalue weighted by atomic mass is 19.1. The van der Waals surface area contributed by atoms with E-state index < -0.39 is 5.82 Å². The van der Waals surface area contributed by atoms with Crippen molar-refractivity contribution < 1.29 is 14.0 Å². The van der Waals surface area contributed by atoms with Crippen LogP contribution >= 0.6 is 0 Å². The molecule has 0 aliphatic rings. The topological polar surface area (TPSA) is 34.1 Å². The SMILES string of the molecule is CC(=O)c1cccc(C#CC=O)c1F. The third-order valence-electron chi connectivity index (χ3n) is 1.64. The van der Waals surface area contributed by atoms with E-state index in [1.807, 2.05) is 0 Å². The second-order valence-electron chi connectivity index (χ2n) is 2.61. The van der Waals surface area contributed by atoms with Crippen molar-refractivity contribution in [1.29, 1.82) is 0 Å². The molecule has 1 rings (SSSR count). The van der Waals surface area contributed by atoms with Crippen LogP contribution in [0, 0.1) is 17.7 Å². The van der Waals surface area contributed by atoms with Crippen LogP contribution in [0.4, 0.5) is 4.39 Å². The van der Waals surface area contributed by atoms with E-state index in [9.17, 15) is 14.0 Å². The van der Waals surface area contributed by atoms with Crippen LogP contribution in [0.25, 0.3) is 0 Å². The average Bonchev–Trinajstić information content (AvgIpc) is 2.16. The summed E-state index contributed by atoms with van der Waals surface area (Å²) in [5, 5.41) is 0. The van der Waals surface area contributed by atoms with Crippen LogP contribution in [0.5, 0.6) is 0 Å². The summed E-state index contributed by atoms with van der Waals surface area (Å²) in [6.07, 6.45) is 0.375. The maximum atomic E-state index is 13.4. The zero-order valence-corrected chi connectivity index (χ0v) is 7.50. The van der Waals surface area contributed by atoms with E-state index in [2.05, 4.69) is 11.8 Å². The predicted octanol–water partition coefficient (Wildman–Crippen LogP) is 1.58. The van der Waals surface area contributed by atoms with E-state index in [-0.39, 0.29) is 16.9 Å². The van der Waals surface area contributed by atoms with Gasteiger partial charge in [0.15, 0.2) is 12.1 Å². The van der Waals surface area contributed by atoms with Crippen LogP contribution in [0.3, 0.4) is 0 Å². The lowest BCUT2D eigenvalue weighted by molar-refractivity contribution is -0.103. The van der Waals surface area contributed by atoms with Crippen LogP contribution in [-0.4, -0.2) is 12.1 Å². The van der Waals surface area contributed by atoms with Crippen LogP contribution in [-0.2, 0) is 4.79 Å². The first-order valence-electron chi connectivity index (χ1n) is 3.91. The van der Waals surface area contributed by atoms with Crippen LogP contribution < -0.4 is 0 Å². The van der Waals surface area contributed by atoms with E-state index in [0.717, 1.165) is 0 Å². The molecule has 0 aliphatic heterocycles. The van der Waals surface area contributed by atoms with Gasteiger partial charge in [0.25, 0.3) is 0 Å². The quantitative estimate of drug-likeness (QED) is 0.382. The number of Topliss-reactive ketones (excluding diaryl/α,β-unsaturated/α-hetero) is 1. The van der Waals surface area contributed by atoms with E-state index >= 15 is 0 Å². The number of ketones is 1. The summed E-state index contributed by atoms with van der Waals surface area (Å²) in [6, 6.07) is 4.32. The van der Waals surface area contributed by atoms with Gasteiger partial charge in [0.2, 0.25) is 0 Å². The van der Waals surface area contributed by atoms with Gasteiger partial charge < -0.3 is 0 Å². The number of aldehydes is 1. The van der Waals surface area contributed by atoms with Crippen molar-refractivity contribution in [3.63, 3.8) is 0 Å². The number of carbonyl (C=O) groups is 2. The normalized spacial score (nSPS) is 8.71. The van der Waals surface area contributed by atoms with Gasteiger partial charge in [-0.25, -0.2) is 4.39 Å².